The number of rotatable bonds is 8. The third-order valence-corrected chi connectivity index (χ3v) is 2.56. The third-order valence-electron chi connectivity index (χ3n) is 2.56. The van der Waals surface area contributed by atoms with Gasteiger partial charge < -0.3 is 10.1 Å². The molecule has 16 heavy (non-hydrogen) atoms. The molecule has 0 heterocycles. The minimum Gasteiger partial charge on any atom is -0.377 e. The largest absolute Gasteiger partial charge is 0.391 e. The first-order chi connectivity index (χ1) is 7.51. The highest BCUT2D eigenvalue weighted by Crippen LogP contribution is 2.21. The van der Waals surface area contributed by atoms with Crippen LogP contribution in [0.4, 0.5) is 13.2 Å². The van der Waals surface area contributed by atoms with Gasteiger partial charge in [0.05, 0.1) is 19.1 Å². The van der Waals surface area contributed by atoms with Gasteiger partial charge in [0.15, 0.2) is 0 Å². The highest BCUT2D eigenvalue weighted by Gasteiger charge is 2.27. The van der Waals surface area contributed by atoms with Gasteiger partial charge in [-0.05, 0) is 19.3 Å². The standard InChI is InChI=1S/C11H20F3NO/c1-2-3-10(8-15-9-4-5-9)16-7-6-11(12,13)14/h9-10,15H,2-8H2,1H3. The normalized spacial score (nSPS) is 18.8. The van der Waals surface area contributed by atoms with Crippen LogP contribution in [-0.2, 0) is 4.74 Å². The van der Waals surface area contributed by atoms with Crippen LogP contribution in [0.5, 0.6) is 0 Å². The maximum Gasteiger partial charge on any atom is 0.391 e. The van der Waals surface area contributed by atoms with E-state index in [0.717, 1.165) is 12.8 Å². The van der Waals surface area contributed by atoms with Crippen LogP contribution >= 0.6 is 0 Å². The Morgan fingerprint density at radius 1 is 1.38 bits per heavy atom. The Hall–Kier alpha value is -0.290. The monoisotopic (exact) mass is 239 g/mol. The highest BCUT2D eigenvalue weighted by molar-refractivity contribution is 4.82. The molecule has 1 saturated carbocycles. The molecule has 1 atom stereocenters. The molecule has 0 saturated heterocycles. The maximum atomic E-state index is 11.9. The topological polar surface area (TPSA) is 21.3 Å². The van der Waals surface area contributed by atoms with Gasteiger partial charge >= 0.3 is 6.18 Å². The lowest BCUT2D eigenvalue weighted by molar-refractivity contribution is -0.149. The van der Waals surface area contributed by atoms with E-state index in [4.69, 9.17) is 4.74 Å². The van der Waals surface area contributed by atoms with Gasteiger partial charge in [-0.1, -0.05) is 13.3 Å². The number of halogens is 3. The zero-order valence-electron chi connectivity index (χ0n) is 9.65. The van der Waals surface area contributed by atoms with Crippen molar-refractivity contribution in [1.82, 2.24) is 5.32 Å². The van der Waals surface area contributed by atoms with Crippen molar-refractivity contribution >= 4 is 0 Å². The van der Waals surface area contributed by atoms with Crippen molar-refractivity contribution in [2.45, 2.75) is 57.3 Å². The molecule has 0 amide bonds. The number of hydrogen-bond donors (Lipinski definition) is 1. The van der Waals surface area contributed by atoms with E-state index in [0.29, 0.717) is 12.6 Å². The van der Waals surface area contributed by atoms with Crippen LogP contribution in [0.1, 0.15) is 39.0 Å². The fraction of sp³-hybridized carbons (Fsp3) is 1.00. The summed E-state index contributed by atoms with van der Waals surface area (Å²) in [6.45, 7) is 2.47. The van der Waals surface area contributed by atoms with E-state index in [-0.39, 0.29) is 12.7 Å². The van der Waals surface area contributed by atoms with Crippen molar-refractivity contribution in [3.8, 4) is 0 Å². The van der Waals surface area contributed by atoms with Crippen LogP contribution in [-0.4, -0.2) is 31.5 Å². The van der Waals surface area contributed by atoms with Crippen LogP contribution in [0.25, 0.3) is 0 Å². The molecule has 5 heteroatoms. The van der Waals surface area contributed by atoms with E-state index >= 15 is 0 Å². The van der Waals surface area contributed by atoms with Crippen molar-refractivity contribution in [2.75, 3.05) is 13.2 Å². The first-order valence-electron chi connectivity index (χ1n) is 5.93. The van der Waals surface area contributed by atoms with Gasteiger partial charge in [0.25, 0.3) is 0 Å². The summed E-state index contributed by atoms with van der Waals surface area (Å²) in [5, 5.41) is 3.28. The van der Waals surface area contributed by atoms with E-state index in [1.54, 1.807) is 0 Å². The number of hydrogen-bond acceptors (Lipinski definition) is 2. The smallest absolute Gasteiger partial charge is 0.377 e. The lowest BCUT2D eigenvalue weighted by Gasteiger charge is -2.18. The number of ether oxygens (including phenoxy) is 1. The maximum absolute atomic E-state index is 11.9. The van der Waals surface area contributed by atoms with Crippen LogP contribution in [0.15, 0.2) is 0 Å². The van der Waals surface area contributed by atoms with E-state index in [1.807, 2.05) is 6.92 Å². The summed E-state index contributed by atoms with van der Waals surface area (Å²) >= 11 is 0. The third kappa shape index (κ3) is 7.06. The number of nitrogens with one attached hydrogen (secondary N) is 1. The SMILES string of the molecule is CCCC(CNC1CC1)OCCC(F)(F)F. The molecule has 0 aromatic carbocycles. The van der Waals surface area contributed by atoms with E-state index < -0.39 is 12.6 Å². The average molecular weight is 239 g/mol. The Labute approximate surface area is 94.5 Å². The molecular formula is C11H20F3NO. The Balaban J connectivity index is 2.10. The zero-order chi connectivity index (χ0) is 12.0. The molecule has 1 unspecified atom stereocenters. The predicted molar refractivity (Wildman–Crippen MR) is 56.3 cm³/mol. The Morgan fingerprint density at radius 3 is 2.56 bits per heavy atom. The number of alkyl halides is 3. The van der Waals surface area contributed by atoms with E-state index in [2.05, 4.69) is 5.32 Å². The molecule has 1 fully saturated rings. The molecular weight excluding hydrogens is 219 g/mol. The average Bonchev–Trinajstić information content (AvgIpc) is 2.95. The zero-order valence-corrected chi connectivity index (χ0v) is 9.65. The van der Waals surface area contributed by atoms with Gasteiger partial charge in [0.2, 0.25) is 0 Å². The van der Waals surface area contributed by atoms with E-state index in [9.17, 15) is 13.2 Å². The molecule has 0 bridgehead atoms. The molecule has 0 aromatic heterocycles. The molecule has 1 aliphatic carbocycles. The summed E-state index contributed by atoms with van der Waals surface area (Å²) in [6, 6.07) is 0.575. The summed E-state index contributed by atoms with van der Waals surface area (Å²) in [5.74, 6) is 0. The Morgan fingerprint density at radius 2 is 2.06 bits per heavy atom. The summed E-state index contributed by atoms with van der Waals surface area (Å²) < 4.78 is 41.0. The highest BCUT2D eigenvalue weighted by atomic mass is 19.4. The van der Waals surface area contributed by atoms with Crippen LogP contribution < -0.4 is 5.32 Å². The van der Waals surface area contributed by atoms with Gasteiger partial charge in [-0.2, -0.15) is 13.2 Å². The lowest BCUT2D eigenvalue weighted by atomic mass is 10.2. The molecule has 1 N–H and O–H groups in total. The molecule has 0 radical (unpaired) electrons. The fourth-order valence-electron chi connectivity index (χ4n) is 1.49. The van der Waals surface area contributed by atoms with Crippen molar-refractivity contribution in [3.05, 3.63) is 0 Å². The molecule has 1 rings (SSSR count). The van der Waals surface area contributed by atoms with E-state index in [1.165, 1.54) is 12.8 Å². The Kier molecular flexibility index (Phi) is 5.55. The summed E-state index contributed by atoms with van der Waals surface area (Å²) in [7, 11) is 0. The fourth-order valence-corrected chi connectivity index (χ4v) is 1.49. The second-order valence-electron chi connectivity index (χ2n) is 4.33. The molecule has 2 nitrogen and oxygen atoms in total. The first-order valence-corrected chi connectivity index (χ1v) is 5.93. The molecule has 1 aliphatic rings. The summed E-state index contributed by atoms with van der Waals surface area (Å²) in [6.07, 6.45) is -0.922. The van der Waals surface area contributed by atoms with Gasteiger partial charge in [-0.25, -0.2) is 0 Å². The van der Waals surface area contributed by atoms with Gasteiger partial charge in [0, 0.05) is 12.6 Å². The minimum atomic E-state index is -4.11. The van der Waals surface area contributed by atoms with Crippen molar-refractivity contribution in [3.63, 3.8) is 0 Å². The van der Waals surface area contributed by atoms with Crippen LogP contribution in [0.3, 0.4) is 0 Å². The molecule has 0 aliphatic heterocycles. The Bertz CT molecular complexity index is 192. The van der Waals surface area contributed by atoms with Crippen molar-refractivity contribution < 1.29 is 17.9 Å². The molecule has 0 spiro atoms. The van der Waals surface area contributed by atoms with Crippen LogP contribution in [0.2, 0.25) is 0 Å². The quantitative estimate of drug-likeness (QED) is 0.703. The first kappa shape index (κ1) is 13.8. The molecule has 0 aromatic rings. The minimum absolute atomic E-state index is 0.0760. The second-order valence-corrected chi connectivity index (χ2v) is 4.33. The van der Waals surface area contributed by atoms with Gasteiger partial charge in [-0.3, -0.25) is 0 Å². The van der Waals surface area contributed by atoms with Gasteiger partial charge in [0.1, 0.15) is 0 Å². The molecule has 96 valence electrons. The van der Waals surface area contributed by atoms with Crippen molar-refractivity contribution in [1.29, 1.82) is 0 Å². The van der Waals surface area contributed by atoms with Gasteiger partial charge in [-0.15, -0.1) is 0 Å². The summed E-state index contributed by atoms with van der Waals surface area (Å²) in [4.78, 5) is 0. The summed E-state index contributed by atoms with van der Waals surface area (Å²) in [5.41, 5.74) is 0. The lowest BCUT2D eigenvalue weighted by Crippen LogP contribution is -2.31. The van der Waals surface area contributed by atoms with Crippen LogP contribution in [0, 0.1) is 0 Å². The second kappa shape index (κ2) is 6.45. The predicted octanol–water partition coefficient (Wildman–Crippen LogP) is 2.88. The van der Waals surface area contributed by atoms with Crippen molar-refractivity contribution in [2.24, 2.45) is 0 Å².